The van der Waals surface area contributed by atoms with E-state index < -0.39 is 5.92 Å². The summed E-state index contributed by atoms with van der Waals surface area (Å²) in [6.07, 6.45) is 2.71. The van der Waals surface area contributed by atoms with Crippen molar-refractivity contribution >= 4 is 43.1 Å². The van der Waals surface area contributed by atoms with Gasteiger partial charge in [-0.3, -0.25) is 4.98 Å². The molecule has 0 saturated heterocycles. The second-order valence-corrected chi connectivity index (χ2v) is 10.1. The van der Waals surface area contributed by atoms with Gasteiger partial charge in [-0.2, -0.15) is 8.78 Å². The average Bonchev–Trinajstić information content (AvgIpc) is 2.85. The first-order chi connectivity index (χ1) is 16.9. The van der Waals surface area contributed by atoms with Gasteiger partial charge >= 0.3 is 0 Å². The first-order valence-corrected chi connectivity index (χ1v) is 12.1. The van der Waals surface area contributed by atoms with Crippen LogP contribution >= 0.6 is 0 Å². The number of hydrogen-bond donors (Lipinski definition) is 0. The molecule has 3 heteroatoms. The van der Waals surface area contributed by atoms with E-state index in [1.807, 2.05) is 36.4 Å². The summed E-state index contributed by atoms with van der Waals surface area (Å²) >= 11 is 0. The van der Waals surface area contributed by atoms with Gasteiger partial charge in [0, 0.05) is 28.3 Å². The molecule has 0 N–H and O–H groups in total. The molecule has 0 saturated carbocycles. The van der Waals surface area contributed by atoms with Crippen LogP contribution < -0.4 is 0 Å². The number of alkyl halides is 2. The van der Waals surface area contributed by atoms with Crippen LogP contribution in [0.2, 0.25) is 0 Å². The van der Waals surface area contributed by atoms with Gasteiger partial charge in [-0.1, -0.05) is 68.4 Å². The summed E-state index contributed by atoms with van der Waals surface area (Å²) in [6, 6.07) is 25.4. The van der Waals surface area contributed by atoms with Gasteiger partial charge < -0.3 is 0 Å². The Labute approximate surface area is 202 Å². The summed E-state index contributed by atoms with van der Waals surface area (Å²) in [6.45, 7) is 4.39. The molecular weight excluding hydrogens is 436 g/mol. The first-order valence-electron chi connectivity index (χ1n) is 12.1. The van der Waals surface area contributed by atoms with Gasteiger partial charge in [-0.25, -0.2) is 0 Å². The molecule has 0 bridgehead atoms. The number of aromatic nitrogens is 1. The highest BCUT2D eigenvalue weighted by molar-refractivity contribution is 6.21. The molecule has 0 amide bonds. The minimum Gasteiger partial charge on any atom is -0.256 e. The van der Waals surface area contributed by atoms with Crippen LogP contribution in [0.4, 0.5) is 8.78 Å². The second-order valence-electron chi connectivity index (χ2n) is 10.1. The van der Waals surface area contributed by atoms with E-state index in [2.05, 4.69) is 49.2 Å². The van der Waals surface area contributed by atoms with Crippen molar-refractivity contribution in [3.63, 3.8) is 0 Å². The largest absolute Gasteiger partial charge is 0.299 e. The summed E-state index contributed by atoms with van der Waals surface area (Å²) in [5.41, 5.74) is 2.47. The van der Waals surface area contributed by atoms with Crippen molar-refractivity contribution in [2.45, 2.75) is 26.2 Å². The number of pyridine rings is 1. The van der Waals surface area contributed by atoms with Crippen LogP contribution in [0, 0.1) is 5.92 Å². The normalized spacial score (nSPS) is 14.3. The zero-order valence-electron chi connectivity index (χ0n) is 19.6. The Morgan fingerprint density at radius 1 is 0.714 bits per heavy atom. The van der Waals surface area contributed by atoms with E-state index in [1.165, 1.54) is 5.56 Å². The van der Waals surface area contributed by atoms with Crippen LogP contribution in [0.3, 0.4) is 0 Å². The molecule has 0 unspecified atom stereocenters. The number of benzene rings is 5. The Kier molecular flexibility index (Phi) is 4.15. The van der Waals surface area contributed by atoms with Crippen LogP contribution in [0.15, 0.2) is 85.1 Å². The van der Waals surface area contributed by atoms with Crippen molar-refractivity contribution < 1.29 is 8.78 Å². The predicted molar refractivity (Wildman–Crippen MR) is 141 cm³/mol. The summed E-state index contributed by atoms with van der Waals surface area (Å²) in [5, 5.41) is 7.09. The number of nitrogens with zero attached hydrogens (tertiary/aromatic N) is 1. The molecule has 6 aromatic rings. The monoisotopic (exact) mass is 459 g/mol. The van der Waals surface area contributed by atoms with Crippen LogP contribution in [0.1, 0.15) is 30.5 Å². The Morgan fingerprint density at radius 3 is 2.29 bits per heavy atom. The van der Waals surface area contributed by atoms with E-state index in [9.17, 15) is 0 Å². The van der Waals surface area contributed by atoms with Crippen molar-refractivity contribution in [2.24, 2.45) is 5.92 Å². The van der Waals surface area contributed by atoms with E-state index in [4.69, 9.17) is 0 Å². The van der Waals surface area contributed by atoms with Crippen molar-refractivity contribution in [1.82, 2.24) is 4.98 Å². The number of halogens is 2. The summed E-state index contributed by atoms with van der Waals surface area (Å²) in [7, 11) is 0. The minimum absolute atomic E-state index is 0.0313. The predicted octanol–water partition coefficient (Wildman–Crippen LogP) is 9.01. The smallest absolute Gasteiger partial charge is 0.256 e. The van der Waals surface area contributed by atoms with E-state index in [-0.39, 0.29) is 11.1 Å². The fourth-order valence-corrected chi connectivity index (χ4v) is 5.85. The van der Waals surface area contributed by atoms with Gasteiger partial charge in [0.05, 0.1) is 5.69 Å². The van der Waals surface area contributed by atoms with Crippen LogP contribution in [-0.2, 0) is 12.3 Å². The topological polar surface area (TPSA) is 12.9 Å². The number of hydrogen-bond acceptors (Lipinski definition) is 1. The van der Waals surface area contributed by atoms with E-state index in [1.54, 1.807) is 18.3 Å². The molecule has 1 nitrogen and oxygen atoms in total. The third kappa shape index (κ3) is 2.88. The van der Waals surface area contributed by atoms with Gasteiger partial charge in [-0.05, 0) is 79.9 Å². The highest BCUT2D eigenvalue weighted by atomic mass is 19.3. The summed E-state index contributed by atoms with van der Waals surface area (Å²) < 4.78 is 32.7. The quantitative estimate of drug-likeness (QED) is 0.235. The second kappa shape index (κ2) is 7.08. The van der Waals surface area contributed by atoms with Gasteiger partial charge in [0.25, 0.3) is 5.92 Å². The molecule has 1 aromatic heterocycles. The minimum atomic E-state index is -3.13. The number of rotatable bonds is 2. The molecule has 1 aliphatic carbocycles. The molecule has 35 heavy (non-hydrogen) atoms. The Morgan fingerprint density at radius 2 is 1.49 bits per heavy atom. The van der Waals surface area contributed by atoms with Gasteiger partial charge in [0.2, 0.25) is 0 Å². The maximum atomic E-state index is 16.3. The van der Waals surface area contributed by atoms with Crippen LogP contribution in [-0.4, -0.2) is 4.98 Å². The lowest BCUT2D eigenvalue weighted by Gasteiger charge is -2.29. The molecule has 0 radical (unpaired) electrons. The lowest BCUT2D eigenvalue weighted by Crippen LogP contribution is -2.21. The standard InChI is InChI=1S/C32H23F2N/c1-18(2)13-19-7-8-20-9-10-23-24-11-12-35-31-27-15-21-5-3-4-6-22(21)16-28(27)32(33,34)29(30(24)31)17-26(23)25(20)14-19/h3-12,14-18H,13H2,1-2H3. The first kappa shape index (κ1) is 20.5. The van der Waals surface area contributed by atoms with Crippen LogP contribution in [0.25, 0.3) is 54.3 Å². The highest BCUT2D eigenvalue weighted by Gasteiger charge is 2.43. The fourth-order valence-electron chi connectivity index (χ4n) is 5.85. The third-order valence-corrected chi connectivity index (χ3v) is 7.39. The lowest BCUT2D eigenvalue weighted by atomic mass is 9.80. The highest BCUT2D eigenvalue weighted by Crippen LogP contribution is 2.52. The maximum Gasteiger partial charge on any atom is 0.299 e. The van der Waals surface area contributed by atoms with Crippen LogP contribution in [0.5, 0.6) is 0 Å². The summed E-state index contributed by atoms with van der Waals surface area (Å²) in [5.74, 6) is -2.60. The third-order valence-electron chi connectivity index (χ3n) is 7.39. The summed E-state index contributed by atoms with van der Waals surface area (Å²) in [4.78, 5) is 4.63. The zero-order valence-corrected chi connectivity index (χ0v) is 19.6. The molecule has 170 valence electrons. The van der Waals surface area contributed by atoms with E-state index >= 15 is 8.78 Å². The average molecular weight is 460 g/mol. The van der Waals surface area contributed by atoms with E-state index in [0.717, 1.165) is 44.1 Å². The fraction of sp³-hybridized carbons (Fsp3) is 0.156. The molecule has 5 aromatic carbocycles. The van der Waals surface area contributed by atoms with Gasteiger partial charge in [0.1, 0.15) is 0 Å². The van der Waals surface area contributed by atoms with Gasteiger partial charge in [0.15, 0.2) is 0 Å². The molecule has 0 atom stereocenters. The Bertz CT molecular complexity index is 1830. The lowest BCUT2D eigenvalue weighted by molar-refractivity contribution is 0.0445. The van der Waals surface area contributed by atoms with Crippen molar-refractivity contribution in [3.05, 3.63) is 102 Å². The molecule has 1 aliphatic rings. The molecule has 7 rings (SSSR count). The molecule has 0 aliphatic heterocycles. The molecule has 0 spiro atoms. The Balaban J connectivity index is 1.63. The zero-order chi connectivity index (χ0) is 23.9. The van der Waals surface area contributed by atoms with Crippen molar-refractivity contribution in [2.75, 3.05) is 0 Å². The van der Waals surface area contributed by atoms with Gasteiger partial charge in [-0.15, -0.1) is 0 Å². The number of fused-ring (bicyclic) bond motifs is 7. The molecule has 0 fully saturated rings. The maximum absolute atomic E-state index is 16.3. The van der Waals surface area contributed by atoms with E-state index in [0.29, 0.717) is 22.6 Å². The molecular formula is C32H23F2N. The molecule has 1 heterocycles. The SMILES string of the molecule is CC(C)Cc1ccc2ccc3c4ccnc5c4c(cc3c2c1)C(F)(F)c1cc2ccccc2cc1-5. The Hall–Kier alpha value is -3.85. The van der Waals surface area contributed by atoms with Crippen molar-refractivity contribution in [3.8, 4) is 11.3 Å². The van der Waals surface area contributed by atoms with Crippen molar-refractivity contribution in [1.29, 1.82) is 0 Å².